The number of aryl methyl sites for hydroxylation is 1. The molecule has 182 valence electrons. The van der Waals surface area contributed by atoms with E-state index in [-0.39, 0.29) is 23.3 Å². The average Bonchev–Trinajstić information content (AvgIpc) is 2.75. The van der Waals surface area contributed by atoms with Gasteiger partial charge in [0.1, 0.15) is 11.9 Å². The van der Waals surface area contributed by atoms with Crippen LogP contribution in [0.4, 0.5) is 30.2 Å². The summed E-state index contributed by atoms with van der Waals surface area (Å²) < 4.78 is 44.9. The molecule has 0 atom stereocenters. The van der Waals surface area contributed by atoms with Gasteiger partial charge in [-0.2, -0.15) is 13.2 Å². The Bertz CT molecular complexity index is 1260. The summed E-state index contributed by atoms with van der Waals surface area (Å²) in [5, 5.41) is 5.15. The number of hydrogen-bond acceptors (Lipinski definition) is 6. The molecule has 3 aromatic rings. The summed E-state index contributed by atoms with van der Waals surface area (Å²) in [5.41, 5.74) is 1.43. The molecule has 4 rings (SSSR count). The van der Waals surface area contributed by atoms with Gasteiger partial charge in [0.05, 0.1) is 59.9 Å². The Balaban J connectivity index is 1.44. The van der Waals surface area contributed by atoms with Gasteiger partial charge in [0.2, 0.25) is 5.91 Å². The number of pyridine rings is 2. The fraction of sp³-hybridized carbons (Fsp3) is 0.250. The van der Waals surface area contributed by atoms with Gasteiger partial charge in [0.15, 0.2) is 0 Å². The van der Waals surface area contributed by atoms with Crippen molar-refractivity contribution in [3.05, 3.63) is 71.8 Å². The van der Waals surface area contributed by atoms with Gasteiger partial charge in [-0.25, -0.2) is 0 Å². The maximum absolute atomic E-state index is 13.0. The second-order valence-corrected chi connectivity index (χ2v) is 8.17. The molecule has 8 nitrogen and oxygen atoms in total. The minimum absolute atomic E-state index is 0.0716. The highest BCUT2D eigenvalue weighted by molar-refractivity contribution is 6.06. The van der Waals surface area contributed by atoms with E-state index in [0.717, 1.165) is 23.5 Å². The smallest absolute Gasteiger partial charge is 0.417 e. The number of ether oxygens (including phenoxy) is 1. The van der Waals surface area contributed by atoms with Crippen molar-refractivity contribution < 1.29 is 27.5 Å². The number of nitrogens with zero attached hydrogens (tertiary/aromatic N) is 3. The van der Waals surface area contributed by atoms with Crippen LogP contribution in [-0.2, 0) is 11.0 Å². The van der Waals surface area contributed by atoms with E-state index in [0.29, 0.717) is 30.7 Å². The van der Waals surface area contributed by atoms with Gasteiger partial charge in [-0.05, 0) is 36.8 Å². The van der Waals surface area contributed by atoms with Gasteiger partial charge in [-0.15, -0.1) is 0 Å². The second-order valence-electron chi connectivity index (χ2n) is 8.17. The quantitative estimate of drug-likeness (QED) is 0.541. The Morgan fingerprint density at radius 2 is 1.69 bits per heavy atom. The number of alkyl halides is 3. The number of hydrogen-bond donors (Lipinski definition) is 2. The van der Waals surface area contributed by atoms with Gasteiger partial charge in [0, 0.05) is 13.1 Å². The molecular formula is C24H22F3N5O3. The number of nitrogens with one attached hydrogen (secondary N) is 2. The van der Waals surface area contributed by atoms with Crippen molar-refractivity contribution >= 4 is 28.9 Å². The Labute approximate surface area is 199 Å². The maximum Gasteiger partial charge on any atom is 0.417 e. The molecule has 11 heteroatoms. The lowest BCUT2D eigenvalue weighted by Gasteiger charge is -2.40. The van der Waals surface area contributed by atoms with Crippen molar-refractivity contribution in [2.75, 3.05) is 28.6 Å². The molecule has 1 saturated heterocycles. The molecule has 0 radical (unpaired) electrons. The first-order valence-corrected chi connectivity index (χ1v) is 10.7. The molecular weight excluding hydrogens is 463 g/mol. The first kappa shape index (κ1) is 24.0. The van der Waals surface area contributed by atoms with Crippen LogP contribution < -0.4 is 20.3 Å². The number of aromatic nitrogens is 2. The van der Waals surface area contributed by atoms with Crippen molar-refractivity contribution in [1.82, 2.24) is 9.97 Å². The highest BCUT2D eigenvalue weighted by atomic mass is 19.4. The zero-order valence-electron chi connectivity index (χ0n) is 18.9. The lowest BCUT2D eigenvalue weighted by molar-refractivity contribution is -0.137. The van der Waals surface area contributed by atoms with Crippen LogP contribution in [0, 0.1) is 6.92 Å². The molecule has 0 aliphatic carbocycles. The topological polar surface area (TPSA) is 96.5 Å². The Hall–Kier alpha value is -4.15. The summed E-state index contributed by atoms with van der Waals surface area (Å²) in [6.07, 6.45) is 0.281. The zero-order valence-corrected chi connectivity index (χ0v) is 18.9. The summed E-state index contributed by atoms with van der Waals surface area (Å²) in [6, 6.07) is 7.63. The van der Waals surface area contributed by atoms with Crippen molar-refractivity contribution in [1.29, 1.82) is 0 Å². The summed E-state index contributed by atoms with van der Waals surface area (Å²) in [6.45, 7) is 4.31. The van der Waals surface area contributed by atoms with E-state index in [9.17, 15) is 22.8 Å². The predicted molar refractivity (Wildman–Crippen MR) is 124 cm³/mol. The summed E-state index contributed by atoms with van der Waals surface area (Å²) >= 11 is 0. The van der Waals surface area contributed by atoms with Gasteiger partial charge in [-0.1, -0.05) is 6.07 Å². The number of halogens is 3. The van der Waals surface area contributed by atoms with Crippen molar-refractivity contribution in [3.8, 4) is 5.75 Å². The van der Waals surface area contributed by atoms with Gasteiger partial charge < -0.3 is 20.3 Å². The minimum atomic E-state index is -4.57. The number of carbonyl (C=O) groups is 2. The van der Waals surface area contributed by atoms with Crippen LogP contribution in [0.2, 0.25) is 0 Å². The highest BCUT2D eigenvalue weighted by Crippen LogP contribution is 2.31. The fourth-order valence-corrected chi connectivity index (χ4v) is 3.55. The lowest BCUT2D eigenvalue weighted by atomic mass is 10.1. The van der Waals surface area contributed by atoms with E-state index in [2.05, 4.69) is 20.6 Å². The highest BCUT2D eigenvalue weighted by Gasteiger charge is 2.32. The molecule has 0 saturated carbocycles. The van der Waals surface area contributed by atoms with Crippen LogP contribution in [0.5, 0.6) is 5.75 Å². The molecule has 1 aliphatic heterocycles. The molecule has 0 unspecified atom stereocenters. The van der Waals surface area contributed by atoms with Gasteiger partial charge in [-0.3, -0.25) is 19.6 Å². The Morgan fingerprint density at radius 3 is 2.37 bits per heavy atom. The molecule has 2 amide bonds. The number of benzene rings is 1. The normalized spacial score (nSPS) is 13.7. The first-order valence-electron chi connectivity index (χ1n) is 10.7. The number of carbonyl (C=O) groups excluding carboxylic acids is 2. The summed E-state index contributed by atoms with van der Waals surface area (Å²) in [4.78, 5) is 33.8. The molecule has 1 aliphatic rings. The van der Waals surface area contributed by atoms with Gasteiger partial charge >= 0.3 is 6.18 Å². The third-order valence-corrected chi connectivity index (χ3v) is 5.26. The maximum atomic E-state index is 13.0. The molecule has 0 bridgehead atoms. The minimum Gasteiger partial charge on any atom is -0.486 e. The fourth-order valence-electron chi connectivity index (χ4n) is 3.55. The largest absolute Gasteiger partial charge is 0.486 e. The molecule has 1 fully saturated rings. The first-order chi connectivity index (χ1) is 16.6. The monoisotopic (exact) mass is 485 g/mol. The summed E-state index contributed by atoms with van der Waals surface area (Å²) in [5.74, 6) is -0.471. The van der Waals surface area contributed by atoms with Crippen molar-refractivity contribution in [2.24, 2.45) is 0 Å². The number of anilines is 3. The van der Waals surface area contributed by atoms with E-state index >= 15 is 0 Å². The van der Waals surface area contributed by atoms with Crippen LogP contribution in [-0.4, -0.2) is 41.0 Å². The number of amides is 2. The summed E-state index contributed by atoms with van der Waals surface area (Å²) in [7, 11) is 0. The Kier molecular flexibility index (Phi) is 6.59. The zero-order chi connectivity index (χ0) is 25.2. The van der Waals surface area contributed by atoms with Crippen molar-refractivity contribution in [3.63, 3.8) is 0 Å². The van der Waals surface area contributed by atoms with Crippen LogP contribution >= 0.6 is 0 Å². The predicted octanol–water partition coefficient (Wildman–Crippen LogP) is 4.28. The van der Waals surface area contributed by atoms with E-state index in [1.54, 1.807) is 36.7 Å². The SMILES string of the molecule is CC(=O)Nc1cncc(N2CC(Oc3cc(C)ccc3C(=O)Nc3cncc(C(F)(F)F)c3)C2)c1. The van der Waals surface area contributed by atoms with E-state index in [1.165, 1.54) is 6.92 Å². The molecule has 2 N–H and O–H groups in total. The molecule has 2 aromatic heterocycles. The molecule has 3 heterocycles. The van der Waals surface area contributed by atoms with Crippen LogP contribution in [0.25, 0.3) is 0 Å². The van der Waals surface area contributed by atoms with Gasteiger partial charge in [0.25, 0.3) is 5.91 Å². The molecule has 35 heavy (non-hydrogen) atoms. The Morgan fingerprint density at radius 1 is 1.00 bits per heavy atom. The van der Waals surface area contributed by atoms with Crippen molar-refractivity contribution in [2.45, 2.75) is 26.1 Å². The van der Waals surface area contributed by atoms with Crippen LogP contribution in [0.15, 0.2) is 55.1 Å². The standard InChI is InChI=1S/C24H22F3N5O3/c1-14-3-4-21(23(34)31-17-6-16(8-28-9-17)24(25,26)27)22(5-14)35-20-12-32(13-20)19-7-18(10-29-11-19)30-15(2)33/h3-11,20H,12-13H2,1-2H3,(H,30,33)(H,31,34). The van der Waals surface area contributed by atoms with E-state index in [1.807, 2.05) is 11.8 Å². The molecule has 0 spiro atoms. The van der Waals surface area contributed by atoms with E-state index in [4.69, 9.17) is 4.74 Å². The molecule has 1 aromatic carbocycles. The third kappa shape index (κ3) is 5.86. The second kappa shape index (κ2) is 9.61. The average molecular weight is 485 g/mol. The van der Waals surface area contributed by atoms with Crippen LogP contribution in [0.1, 0.15) is 28.4 Å². The third-order valence-electron chi connectivity index (χ3n) is 5.26. The number of rotatable bonds is 6. The lowest BCUT2D eigenvalue weighted by Crippen LogP contribution is -2.54. The van der Waals surface area contributed by atoms with E-state index < -0.39 is 17.6 Å². The van der Waals surface area contributed by atoms with Crippen LogP contribution in [0.3, 0.4) is 0 Å².